The summed E-state index contributed by atoms with van der Waals surface area (Å²) in [5.41, 5.74) is 0.551. The normalized spacial score (nSPS) is 13.8. The summed E-state index contributed by atoms with van der Waals surface area (Å²) in [6.07, 6.45) is 3.26. The summed E-state index contributed by atoms with van der Waals surface area (Å²) in [6, 6.07) is 0. The lowest BCUT2D eigenvalue weighted by atomic mass is 9.90. The molecular weight excluding hydrogens is 216 g/mol. The van der Waals surface area contributed by atoms with Crippen LogP contribution in [0.1, 0.15) is 51.9 Å². The Kier molecular flexibility index (Phi) is 3.86. The van der Waals surface area contributed by atoms with Crippen LogP contribution in [-0.2, 0) is 10.2 Å². The molecule has 0 radical (unpaired) electrons. The van der Waals surface area contributed by atoms with Crippen molar-refractivity contribution in [3.8, 4) is 0 Å². The molecular formula is C13H20N2O2. The summed E-state index contributed by atoms with van der Waals surface area (Å²) in [6.45, 7) is 9.85. The van der Waals surface area contributed by atoms with Gasteiger partial charge in [-0.25, -0.2) is 9.97 Å². The van der Waals surface area contributed by atoms with Gasteiger partial charge in [0.1, 0.15) is 5.82 Å². The summed E-state index contributed by atoms with van der Waals surface area (Å²) < 4.78 is 0. The summed E-state index contributed by atoms with van der Waals surface area (Å²) in [4.78, 5) is 19.7. The molecule has 94 valence electrons. The Hall–Kier alpha value is -1.45. The monoisotopic (exact) mass is 236 g/mol. The third-order valence-corrected chi connectivity index (χ3v) is 2.63. The number of carbonyl (C=O) groups is 1. The second-order valence-electron chi connectivity index (χ2n) is 5.65. The summed E-state index contributed by atoms with van der Waals surface area (Å²) in [5.74, 6) is -0.609. The van der Waals surface area contributed by atoms with Gasteiger partial charge in [0.2, 0.25) is 0 Å². The molecule has 1 rings (SSSR count). The number of aliphatic carboxylic acids is 1. The third-order valence-electron chi connectivity index (χ3n) is 2.63. The minimum Gasteiger partial charge on any atom is -0.481 e. The van der Waals surface area contributed by atoms with E-state index < -0.39 is 11.9 Å². The zero-order valence-electron chi connectivity index (χ0n) is 11.1. The van der Waals surface area contributed by atoms with Crippen LogP contribution in [0.4, 0.5) is 0 Å². The van der Waals surface area contributed by atoms with E-state index in [1.807, 2.05) is 34.6 Å². The van der Waals surface area contributed by atoms with Crippen LogP contribution in [0.15, 0.2) is 12.4 Å². The lowest BCUT2D eigenvalue weighted by Gasteiger charge is -2.19. The molecule has 0 fully saturated rings. The fourth-order valence-electron chi connectivity index (χ4n) is 1.70. The molecule has 0 spiro atoms. The van der Waals surface area contributed by atoms with E-state index in [-0.39, 0.29) is 11.3 Å². The zero-order valence-corrected chi connectivity index (χ0v) is 11.1. The van der Waals surface area contributed by atoms with Crippen LogP contribution in [0, 0.1) is 5.92 Å². The predicted molar refractivity (Wildman–Crippen MR) is 65.9 cm³/mol. The maximum atomic E-state index is 11.2. The van der Waals surface area contributed by atoms with Crippen molar-refractivity contribution in [2.45, 2.75) is 46.0 Å². The molecule has 0 aliphatic heterocycles. The van der Waals surface area contributed by atoms with Crippen LogP contribution in [0.3, 0.4) is 0 Å². The molecule has 1 aromatic heterocycles. The maximum absolute atomic E-state index is 11.2. The van der Waals surface area contributed by atoms with Crippen molar-refractivity contribution in [2.24, 2.45) is 5.92 Å². The van der Waals surface area contributed by atoms with E-state index in [2.05, 4.69) is 9.97 Å². The molecule has 1 atom stereocenters. The van der Waals surface area contributed by atoms with Gasteiger partial charge in [0.25, 0.3) is 0 Å². The van der Waals surface area contributed by atoms with Gasteiger partial charge in [-0.3, -0.25) is 4.79 Å². The minimum atomic E-state index is -0.827. The van der Waals surface area contributed by atoms with Gasteiger partial charge in [-0.15, -0.1) is 0 Å². The third kappa shape index (κ3) is 3.25. The number of carboxylic acid groups (broad SMARTS) is 1. The molecule has 0 aliphatic rings. The number of nitrogens with zero attached hydrogens (tertiary/aromatic N) is 2. The summed E-state index contributed by atoms with van der Waals surface area (Å²) in [7, 11) is 0. The lowest BCUT2D eigenvalue weighted by molar-refractivity contribution is -0.139. The molecule has 4 nitrogen and oxygen atoms in total. The highest BCUT2D eigenvalue weighted by molar-refractivity contribution is 5.76. The number of aromatic nitrogens is 2. The molecule has 1 unspecified atom stereocenters. The molecule has 0 aliphatic carbocycles. The van der Waals surface area contributed by atoms with Crippen LogP contribution in [0.5, 0.6) is 0 Å². The number of hydrogen-bond acceptors (Lipinski definition) is 3. The Bertz CT molecular complexity index is 391. The average Bonchev–Trinajstić information content (AvgIpc) is 2.15. The fourth-order valence-corrected chi connectivity index (χ4v) is 1.70. The molecule has 0 saturated carbocycles. The highest BCUT2D eigenvalue weighted by atomic mass is 16.4. The van der Waals surface area contributed by atoms with Crippen LogP contribution < -0.4 is 0 Å². The fraction of sp³-hybridized carbons (Fsp3) is 0.615. The van der Waals surface area contributed by atoms with Crippen molar-refractivity contribution in [3.05, 3.63) is 23.8 Å². The molecule has 1 N–H and O–H groups in total. The van der Waals surface area contributed by atoms with Crippen molar-refractivity contribution in [1.82, 2.24) is 9.97 Å². The first-order valence-electron chi connectivity index (χ1n) is 5.78. The number of carboxylic acids is 1. The van der Waals surface area contributed by atoms with E-state index in [4.69, 9.17) is 0 Å². The SMILES string of the molecule is CC(C)C(C(=O)O)c1cnc(C(C)(C)C)nc1. The smallest absolute Gasteiger partial charge is 0.311 e. The predicted octanol–water partition coefficient (Wildman–Crippen LogP) is 2.60. The quantitative estimate of drug-likeness (QED) is 0.876. The van der Waals surface area contributed by atoms with Crippen molar-refractivity contribution in [3.63, 3.8) is 0 Å². The lowest BCUT2D eigenvalue weighted by Crippen LogP contribution is -2.20. The van der Waals surface area contributed by atoms with Crippen LogP contribution in [0.2, 0.25) is 0 Å². The second-order valence-corrected chi connectivity index (χ2v) is 5.65. The standard InChI is InChI=1S/C13H20N2O2/c1-8(2)10(11(16)17)9-6-14-12(15-7-9)13(3,4)5/h6-8,10H,1-5H3,(H,16,17). The van der Waals surface area contributed by atoms with Crippen LogP contribution in [0.25, 0.3) is 0 Å². The second kappa shape index (κ2) is 4.82. The van der Waals surface area contributed by atoms with Gasteiger partial charge < -0.3 is 5.11 Å². The maximum Gasteiger partial charge on any atom is 0.311 e. The van der Waals surface area contributed by atoms with Gasteiger partial charge in [0.05, 0.1) is 5.92 Å². The van der Waals surface area contributed by atoms with E-state index in [0.29, 0.717) is 5.56 Å². The van der Waals surface area contributed by atoms with E-state index >= 15 is 0 Å². The molecule has 17 heavy (non-hydrogen) atoms. The summed E-state index contributed by atoms with van der Waals surface area (Å²) in [5, 5.41) is 9.17. The zero-order chi connectivity index (χ0) is 13.2. The highest BCUT2D eigenvalue weighted by Gasteiger charge is 2.25. The molecule has 4 heteroatoms. The van der Waals surface area contributed by atoms with E-state index in [0.717, 1.165) is 5.82 Å². The Morgan fingerprint density at radius 3 is 2.00 bits per heavy atom. The van der Waals surface area contributed by atoms with Gasteiger partial charge >= 0.3 is 5.97 Å². The van der Waals surface area contributed by atoms with E-state index in [9.17, 15) is 9.90 Å². The first-order valence-corrected chi connectivity index (χ1v) is 5.78. The molecule has 0 bridgehead atoms. The molecule has 0 aromatic carbocycles. The average molecular weight is 236 g/mol. The Balaban J connectivity index is 3.05. The Labute approximate surface area is 102 Å². The number of rotatable bonds is 3. The van der Waals surface area contributed by atoms with Gasteiger partial charge in [-0.1, -0.05) is 34.6 Å². The van der Waals surface area contributed by atoms with Gasteiger partial charge in [0.15, 0.2) is 0 Å². The first-order chi connectivity index (χ1) is 7.73. The van der Waals surface area contributed by atoms with Gasteiger partial charge in [-0.2, -0.15) is 0 Å². The van der Waals surface area contributed by atoms with Crippen LogP contribution >= 0.6 is 0 Å². The Morgan fingerprint density at radius 1 is 1.24 bits per heavy atom. The molecule has 0 amide bonds. The molecule has 1 heterocycles. The molecule has 1 aromatic rings. The topological polar surface area (TPSA) is 63.1 Å². The van der Waals surface area contributed by atoms with Gasteiger partial charge in [0, 0.05) is 23.4 Å². The Morgan fingerprint density at radius 2 is 1.71 bits per heavy atom. The number of hydrogen-bond donors (Lipinski definition) is 1. The first kappa shape index (κ1) is 13.6. The van der Waals surface area contributed by atoms with Crippen molar-refractivity contribution >= 4 is 5.97 Å². The minimum absolute atomic E-state index is 0.0246. The van der Waals surface area contributed by atoms with Crippen molar-refractivity contribution < 1.29 is 9.90 Å². The van der Waals surface area contributed by atoms with Crippen molar-refractivity contribution in [1.29, 1.82) is 0 Å². The van der Waals surface area contributed by atoms with Crippen LogP contribution in [-0.4, -0.2) is 21.0 Å². The van der Waals surface area contributed by atoms with E-state index in [1.54, 1.807) is 12.4 Å². The largest absolute Gasteiger partial charge is 0.481 e. The summed E-state index contributed by atoms with van der Waals surface area (Å²) >= 11 is 0. The van der Waals surface area contributed by atoms with Gasteiger partial charge in [-0.05, 0) is 5.92 Å². The molecule has 0 saturated heterocycles. The highest BCUT2D eigenvalue weighted by Crippen LogP contribution is 2.25. The van der Waals surface area contributed by atoms with E-state index in [1.165, 1.54) is 0 Å². The van der Waals surface area contributed by atoms with Crippen molar-refractivity contribution in [2.75, 3.05) is 0 Å².